The molecule has 2 unspecified atom stereocenters. The second-order valence-corrected chi connectivity index (χ2v) is 5.56. The Hall–Kier alpha value is -2.57. The molecule has 118 valence electrons. The number of hydrazone groups is 1. The first-order chi connectivity index (χ1) is 11.2. The maximum atomic E-state index is 12.1. The number of benzene rings is 1. The summed E-state index contributed by atoms with van der Waals surface area (Å²) in [6, 6.07) is 11.8. The van der Waals surface area contributed by atoms with Crippen molar-refractivity contribution >= 4 is 12.1 Å². The van der Waals surface area contributed by atoms with E-state index in [1.165, 1.54) is 11.1 Å². The van der Waals surface area contributed by atoms with E-state index in [4.69, 9.17) is 0 Å². The van der Waals surface area contributed by atoms with Crippen LogP contribution < -0.4 is 16.3 Å². The molecule has 1 aromatic heterocycles. The van der Waals surface area contributed by atoms with Crippen LogP contribution >= 0.6 is 0 Å². The highest BCUT2D eigenvalue weighted by molar-refractivity contribution is 5.85. The predicted molar refractivity (Wildman–Crippen MR) is 88.6 cm³/mol. The number of aryl methyl sites for hydroxylation is 1. The molecule has 3 rings (SSSR count). The molecule has 1 fully saturated rings. The van der Waals surface area contributed by atoms with Crippen LogP contribution in [0.1, 0.15) is 29.2 Å². The van der Waals surface area contributed by atoms with E-state index in [2.05, 4.69) is 57.6 Å². The molecule has 0 bridgehead atoms. The van der Waals surface area contributed by atoms with Gasteiger partial charge in [-0.3, -0.25) is 9.78 Å². The second kappa shape index (κ2) is 7.13. The van der Waals surface area contributed by atoms with Crippen molar-refractivity contribution in [3.05, 3.63) is 65.5 Å². The highest BCUT2D eigenvalue weighted by Crippen LogP contribution is 2.22. The van der Waals surface area contributed by atoms with E-state index in [1.54, 1.807) is 18.6 Å². The molecule has 3 N–H and O–H groups in total. The second-order valence-electron chi connectivity index (χ2n) is 5.56. The molecule has 1 aliphatic rings. The Morgan fingerprint density at radius 3 is 2.70 bits per heavy atom. The fraction of sp³-hybridized carbons (Fsp3) is 0.235. The normalized spacial score (nSPS) is 20.7. The molecule has 0 aliphatic carbocycles. The quantitative estimate of drug-likeness (QED) is 0.590. The Kier molecular flexibility index (Phi) is 4.75. The Bertz CT molecular complexity index is 684. The van der Waals surface area contributed by atoms with Gasteiger partial charge in [0.25, 0.3) is 5.91 Å². The first kappa shape index (κ1) is 15.3. The molecule has 6 heteroatoms. The average Bonchev–Trinajstić information content (AvgIpc) is 3.06. The zero-order valence-corrected chi connectivity index (χ0v) is 12.9. The van der Waals surface area contributed by atoms with E-state index < -0.39 is 0 Å². The summed E-state index contributed by atoms with van der Waals surface area (Å²) in [6.07, 6.45) is 5.63. The van der Waals surface area contributed by atoms with Crippen molar-refractivity contribution < 1.29 is 4.79 Å². The smallest absolute Gasteiger partial charge is 0.258 e. The minimum Gasteiger partial charge on any atom is -0.271 e. The largest absolute Gasteiger partial charge is 0.271 e. The average molecular weight is 309 g/mol. The van der Waals surface area contributed by atoms with Crippen LogP contribution in [0.15, 0.2) is 53.9 Å². The van der Waals surface area contributed by atoms with E-state index in [9.17, 15) is 4.79 Å². The van der Waals surface area contributed by atoms with Gasteiger partial charge in [0.1, 0.15) is 6.04 Å². The van der Waals surface area contributed by atoms with Gasteiger partial charge in [-0.1, -0.05) is 29.8 Å². The fourth-order valence-electron chi connectivity index (χ4n) is 2.44. The van der Waals surface area contributed by atoms with Crippen LogP contribution in [0.5, 0.6) is 0 Å². The van der Waals surface area contributed by atoms with Crippen LogP contribution in [0.2, 0.25) is 0 Å². The lowest BCUT2D eigenvalue weighted by Gasteiger charge is -2.09. The molecular formula is C17H19N5O. The van der Waals surface area contributed by atoms with Gasteiger partial charge in [0.15, 0.2) is 0 Å². The lowest BCUT2D eigenvalue weighted by molar-refractivity contribution is -0.122. The Morgan fingerprint density at radius 2 is 1.96 bits per heavy atom. The van der Waals surface area contributed by atoms with Gasteiger partial charge in [0.05, 0.1) is 6.21 Å². The van der Waals surface area contributed by atoms with Crippen LogP contribution in [0, 0.1) is 6.92 Å². The summed E-state index contributed by atoms with van der Waals surface area (Å²) in [4.78, 5) is 16.1. The summed E-state index contributed by atoms with van der Waals surface area (Å²) in [7, 11) is 0. The van der Waals surface area contributed by atoms with Crippen LogP contribution in [-0.4, -0.2) is 23.1 Å². The zero-order chi connectivity index (χ0) is 16.1. The van der Waals surface area contributed by atoms with E-state index in [0.717, 1.165) is 5.56 Å². The number of rotatable bonds is 4. The summed E-state index contributed by atoms with van der Waals surface area (Å²) in [5, 5.41) is 3.98. The van der Waals surface area contributed by atoms with Crippen LogP contribution in [0.3, 0.4) is 0 Å². The molecule has 1 amide bonds. The number of pyridine rings is 1. The topological polar surface area (TPSA) is 78.4 Å². The monoisotopic (exact) mass is 309 g/mol. The summed E-state index contributed by atoms with van der Waals surface area (Å²) in [6.45, 7) is 2.06. The van der Waals surface area contributed by atoms with Gasteiger partial charge < -0.3 is 0 Å². The van der Waals surface area contributed by atoms with Crippen molar-refractivity contribution in [3.63, 3.8) is 0 Å². The summed E-state index contributed by atoms with van der Waals surface area (Å²) in [5.41, 5.74) is 12.0. The minimum atomic E-state index is -0.309. The third-order valence-electron chi connectivity index (χ3n) is 3.79. The van der Waals surface area contributed by atoms with Crippen LogP contribution in [-0.2, 0) is 4.79 Å². The van der Waals surface area contributed by atoms with Crippen molar-refractivity contribution in [2.75, 3.05) is 0 Å². The third kappa shape index (κ3) is 4.00. The minimum absolute atomic E-state index is 0.121. The van der Waals surface area contributed by atoms with Gasteiger partial charge in [-0.25, -0.2) is 16.3 Å². The van der Waals surface area contributed by atoms with Gasteiger partial charge in [0, 0.05) is 18.4 Å². The summed E-state index contributed by atoms with van der Waals surface area (Å²) < 4.78 is 0. The van der Waals surface area contributed by atoms with Gasteiger partial charge in [-0.05, 0) is 36.6 Å². The highest BCUT2D eigenvalue weighted by atomic mass is 16.2. The van der Waals surface area contributed by atoms with Gasteiger partial charge >= 0.3 is 0 Å². The molecule has 23 heavy (non-hydrogen) atoms. The molecule has 2 aromatic rings. The van der Waals surface area contributed by atoms with Gasteiger partial charge in [0.2, 0.25) is 0 Å². The molecular weight excluding hydrogens is 290 g/mol. The molecule has 1 saturated heterocycles. The molecule has 1 aromatic carbocycles. The number of carbonyl (C=O) groups excluding carboxylic acids is 1. The molecule has 0 radical (unpaired) electrons. The van der Waals surface area contributed by atoms with Crippen LogP contribution in [0.25, 0.3) is 0 Å². The maximum Gasteiger partial charge on any atom is 0.258 e. The first-order valence-electron chi connectivity index (χ1n) is 7.53. The lowest BCUT2D eigenvalue weighted by atomic mass is 10.0. The van der Waals surface area contributed by atoms with Crippen LogP contribution in [0.4, 0.5) is 0 Å². The number of hydrogen-bond donors (Lipinski definition) is 3. The predicted octanol–water partition coefficient (Wildman–Crippen LogP) is 1.45. The van der Waals surface area contributed by atoms with Crippen molar-refractivity contribution in [2.45, 2.75) is 25.4 Å². The molecule has 6 nitrogen and oxygen atoms in total. The zero-order valence-electron chi connectivity index (χ0n) is 12.9. The number of amides is 1. The van der Waals surface area contributed by atoms with Crippen molar-refractivity contribution in [1.29, 1.82) is 0 Å². The summed E-state index contributed by atoms with van der Waals surface area (Å²) >= 11 is 0. The van der Waals surface area contributed by atoms with Crippen molar-refractivity contribution in [1.82, 2.24) is 21.3 Å². The van der Waals surface area contributed by atoms with E-state index in [1.807, 2.05) is 12.1 Å². The highest BCUT2D eigenvalue weighted by Gasteiger charge is 2.29. The Balaban J connectivity index is 1.53. The molecule has 1 aliphatic heterocycles. The number of nitrogens with zero attached hydrogens (tertiary/aromatic N) is 2. The first-order valence-corrected chi connectivity index (χ1v) is 7.53. The summed E-state index contributed by atoms with van der Waals surface area (Å²) in [5.74, 6) is -0.155. The molecule has 0 spiro atoms. The molecule has 0 saturated carbocycles. The Morgan fingerprint density at radius 1 is 1.22 bits per heavy atom. The van der Waals surface area contributed by atoms with E-state index in [0.29, 0.717) is 6.42 Å². The van der Waals surface area contributed by atoms with Gasteiger partial charge in [-0.15, -0.1) is 0 Å². The van der Waals surface area contributed by atoms with Crippen molar-refractivity contribution in [3.8, 4) is 0 Å². The number of hydrazine groups is 1. The Labute approximate surface area is 135 Å². The van der Waals surface area contributed by atoms with Gasteiger partial charge in [-0.2, -0.15) is 5.10 Å². The standard InChI is InChI=1S/C17H19N5O/c1-12-2-4-14(5-3-12)15-10-16(21-20-15)17(23)22-19-11-13-6-8-18-9-7-13/h2-9,11,15-16,20-21H,10H2,1H3,(H,22,23)/b19-11+. The number of nitrogens with one attached hydrogen (secondary N) is 3. The molecule has 2 atom stereocenters. The fourth-order valence-corrected chi connectivity index (χ4v) is 2.44. The number of aromatic nitrogens is 1. The maximum absolute atomic E-state index is 12.1. The number of hydrogen-bond acceptors (Lipinski definition) is 5. The lowest BCUT2D eigenvalue weighted by Crippen LogP contribution is -2.41. The number of carbonyl (C=O) groups is 1. The van der Waals surface area contributed by atoms with E-state index >= 15 is 0 Å². The van der Waals surface area contributed by atoms with Crippen molar-refractivity contribution in [2.24, 2.45) is 5.10 Å². The molecule has 2 heterocycles. The SMILES string of the molecule is Cc1ccc(C2CC(C(=O)N/N=C/c3ccncc3)NN2)cc1. The third-order valence-corrected chi connectivity index (χ3v) is 3.79. The van der Waals surface area contributed by atoms with E-state index in [-0.39, 0.29) is 18.0 Å².